The van der Waals surface area contributed by atoms with E-state index in [0.29, 0.717) is 5.69 Å². The van der Waals surface area contributed by atoms with Crippen LogP contribution in [0.3, 0.4) is 0 Å². The lowest BCUT2D eigenvalue weighted by atomic mass is 10.2. The van der Waals surface area contributed by atoms with Crippen LogP contribution in [0.2, 0.25) is 5.02 Å². The number of halogens is 1. The van der Waals surface area contributed by atoms with Crippen LogP contribution in [0, 0.1) is 0 Å². The number of sulfonamides is 1. The van der Waals surface area contributed by atoms with Crippen LogP contribution in [0.5, 0.6) is 0 Å². The van der Waals surface area contributed by atoms with Gasteiger partial charge in [0.2, 0.25) is 10.0 Å². The Morgan fingerprint density at radius 1 is 1.15 bits per heavy atom. The predicted molar refractivity (Wildman–Crippen MR) is 81.0 cm³/mol. The molecule has 0 unspecified atom stereocenters. The number of hydrogen-bond donors (Lipinski definition) is 1. The molecule has 0 aliphatic carbocycles. The van der Waals surface area contributed by atoms with Crippen molar-refractivity contribution in [2.45, 2.75) is 11.4 Å². The average molecular weight is 311 g/mol. The van der Waals surface area contributed by atoms with Crippen LogP contribution in [-0.2, 0) is 16.6 Å². The first-order valence-corrected chi connectivity index (χ1v) is 7.78. The largest absolute Gasteiger partial charge is 0.399 e. The fraction of sp³-hybridized carbons (Fsp3) is 0.143. The van der Waals surface area contributed by atoms with Crippen molar-refractivity contribution in [3.8, 4) is 0 Å². The maximum Gasteiger partial charge on any atom is 0.244 e. The SMILES string of the molecule is CN(Cc1ccccc1)S(=O)(=O)c1cc(N)ccc1Cl. The summed E-state index contributed by atoms with van der Waals surface area (Å²) >= 11 is 5.97. The molecule has 0 atom stereocenters. The van der Waals surface area contributed by atoms with Crippen molar-refractivity contribution in [3.63, 3.8) is 0 Å². The van der Waals surface area contributed by atoms with Crippen LogP contribution in [0.25, 0.3) is 0 Å². The highest BCUT2D eigenvalue weighted by Gasteiger charge is 2.23. The van der Waals surface area contributed by atoms with E-state index in [-0.39, 0.29) is 16.5 Å². The van der Waals surface area contributed by atoms with Crippen LogP contribution < -0.4 is 5.73 Å². The monoisotopic (exact) mass is 310 g/mol. The van der Waals surface area contributed by atoms with E-state index >= 15 is 0 Å². The Morgan fingerprint density at radius 2 is 1.80 bits per heavy atom. The molecule has 2 N–H and O–H groups in total. The van der Waals surface area contributed by atoms with E-state index in [2.05, 4.69) is 0 Å². The maximum atomic E-state index is 12.5. The van der Waals surface area contributed by atoms with Gasteiger partial charge < -0.3 is 5.73 Å². The van der Waals surface area contributed by atoms with Gasteiger partial charge in [-0.25, -0.2) is 8.42 Å². The molecular weight excluding hydrogens is 296 g/mol. The van der Waals surface area contributed by atoms with Crippen molar-refractivity contribution in [2.75, 3.05) is 12.8 Å². The van der Waals surface area contributed by atoms with Gasteiger partial charge in [-0.05, 0) is 23.8 Å². The summed E-state index contributed by atoms with van der Waals surface area (Å²) in [5.74, 6) is 0. The van der Waals surface area contributed by atoms with Crippen LogP contribution >= 0.6 is 11.6 Å². The standard InChI is InChI=1S/C14H15ClN2O2S/c1-17(10-11-5-3-2-4-6-11)20(18,19)14-9-12(16)7-8-13(14)15/h2-9H,10,16H2,1H3. The lowest BCUT2D eigenvalue weighted by Crippen LogP contribution is -2.26. The summed E-state index contributed by atoms with van der Waals surface area (Å²) in [6.45, 7) is 0.272. The quantitative estimate of drug-likeness (QED) is 0.883. The molecule has 0 bridgehead atoms. The average Bonchev–Trinajstić information content (AvgIpc) is 2.42. The van der Waals surface area contributed by atoms with Gasteiger partial charge in [0.1, 0.15) is 4.90 Å². The van der Waals surface area contributed by atoms with E-state index < -0.39 is 10.0 Å². The number of nitrogens with two attached hydrogens (primary N) is 1. The number of benzene rings is 2. The Hall–Kier alpha value is -1.56. The summed E-state index contributed by atoms with van der Waals surface area (Å²) in [5, 5.41) is 0.166. The van der Waals surface area contributed by atoms with Gasteiger partial charge >= 0.3 is 0 Å². The van der Waals surface area contributed by atoms with Gasteiger partial charge in [-0.3, -0.25) is 0 Å². The molecule has 4 nitrogen and oxygen atoms in total. The molecule has 106 valence electrons. The van der Waals surface area contributed by atoms with Crippen molar-refractivity contribution in [1.82, 2.24) is 4.31 Å². The smallest absolute Gasteiger partial charge is 0.244 e. The van der Waals surface area contributed by atoms with Crippen molar-refractivity contribution in [2.24, 2.45) is 0 Å². The zero-order valence-corrected chi connectivity index (χ0v) is 12.5. The predicted octanol–water partition coefficient (Wildman–Crippen LogP) is 2.74. The molecule has 0 aromatic heterocycles. The van der Waals surface area contributed by atoms with E-state index in [1.54, 1.807) is 6.07 Å². The molecule has 0 heterocycles. The number of nitrogens with zero attached hydrogens (tertiary/aromatic N) is 1. The molecule has 6 heteroatoms. The molecule has 0 amide bonds. The molecule has 0 aliphatic heterocycles. The molecule has 20 heavy (non-hydrogen) atoms. The summed E-state index contributed by atoms with van der Waals surface area (Å²) in [5.41, 5.74) is 6.90. The van der Waals surface area contributed by atoms with Gasteiger partial charge in [-0.2, -0.15) is 4.31 Å². The Bertz CT molecular complexity index is 702. The summed E-state index contributed by atoms with van der Waals surface area (Å²) in [7, 11) is -2.15. The van der Waals surface area contributed by atoms with E-state index in [0.717, 1.165) is 5.56 Å². The molecule has 0 saturated carbocycles. The number of rotatable bonds is 4. The van der Waals surface area contributed by atoms with Crippen LogP contribution in [0.4, 0.5) is 5.69 Å². The van der Waals surface area contributed by atoms with E-state index in [1.807, 2.05) is 30.3 Å². The molecule has 0 fully saturated rings. The summed E-state index contributed by atoms with van der Waals surface area (Å²) < 4.78 is 26.2. The van der Waals surface area contributed by atoms with Gasteiger partial charge in [-0.1, -0.05) is 41.9 Å². The lowest BCUT2D eigenvalue weighted by Gasteiger charge is -2.18. The van der Waals surface area contributed by atoms with Crippen molar-refractivity contribution >= 4 is 27.3 Å². The van der Waals surface area contributed by atoms with Crippen LogP contribution in [0.1, 0.15) is 5.56 Å². The first kappa shape index (κ1) is 14.8. The minimum atomic E-state index is -3.67. The Morgan fingerprint density at radius 3 is 2.45 bits per heavy atom. The first-order valence-electron chi connectivity index (χ1n) is 5.96. The second-order valence-electron chi connectivity index (χ2n) is 4.44. The Labute approximate surface area is 123 Å². The van der Waals surface area contributed by atoms with Gasteiger partial charge in [0.15, 0.2) is 0 Å². The summed E-state index contributed by atoms with van der Waals surface area (Å²) in [6, 6.07) is 13.8. The third kappa shape index (κ3) is 3.12. The fourth-order valence-corrected chi connectivity index (χ4v) is 3.48. The number of anilines is 1. The van der Waals surface area contributed by atoms with E-state index in [9.17, 15) is 8.42 Å². The number of hydrogen-bond acceptors (Lipinski definition) is 3. The second-order valence-corrected chi connectivity index (χ2v) is 6.86. The third-order valence-corrected chi connectivity index (χ3v) is 5.18. The first-order chi connectivity index (χ1) is 9.41. The molecule has 0 spiro atoms. The summed E-state index contributed by atoms with van der Waals surface area (Å²) in [4.78, 5) is 0.0256. The maximum absolute atomic E-state index is 12.5. The third-order valence-electron chi connectivity index (χ3n) is 2.89. The highest BCUT2D eigenvalue weighted by Crippen LogP contribution is 2.26. The van der Waals surface area contributed by atoms with E-state index in [1.165, 1.54) is 23.5 Å². The van der Waals surface area contributed by atoms with Gasteiger partial charge in [0.25, 0.3) is 0 Å². The van der Waals surface area contributed by atoms with Crippen LogP contribution in [-0.4, -0.2) is 19.8 Å². The number of nitrogen functional groups attached to an aromatic ring is 1. The lowest BCUT2D eigenvalue weighted by molar-refractivity contribution is 0.467. The summed E-state index contributed by atoms with van der Waals surface area (Å²) in [6.07, 6.45) is 0. The van der Waals surface area contributed by atoms with Crippen molar-refractivity contribution < 1.29 is 8.42 Å². The molecule has 0 aliphatic rings. The van der Waals surface area contributed by atoms with Crippen molar-refractivity contribution in [1.29, 1.82) is 0 Å². The zero-order chi connectivity index (χ0) is 14.8. The van der Waals surface area contributed by atoms with Crippen LogP contribution in [0.15, 0.2) is 53.4 Å². The highest BCUT2D eigenvalue weighted by molar-refractivity contribution is 7.89. The minimum absolute atomic E-state index is 0.0256. The van der Waals surface area contributed by atoms with E-state index in [4.69, 9.17) is 17.3 Å². The molecule has 0 saturated heterocycles. The second kappa shape index (κ2) is 5.83. The van der Waals surface area contributed by atoms with Gasteiger partial charge in [0, 0.05) is 19.3 Å². The topological polar surface area (TPSA) is 63.4 Å². The molecule has 2 aromatic carbocycles. The van der Waals surface area contributed by atoms with Crippen molar-refractivity contribution in [3.05, 3.63) is 59.1 Å². The normalized spacial score (nSPS) is 11.8. The molecular formula is C14H15ClN2O2S. The zero-order valence-electron chi connectivity index (χ0n) is 11.0. The van der Waals surface area contributed by atoms with Gasteiger partial charge in [-0.15, -0.1) is 0 Å². The Balaban J connectivity index is 2.32. The molecule has 2 rings (SSSR count). The highest BCUT2D eigenvalue weighted by atomic mass is 35.5. The van der Waals surface area contributed by atoms with Gasteiger partial charge in [0.05, 0.1) is 5.02 Å². The molecule has 2 aromatic rings. The Kier molecular flexibility index (Phi) is 4.32. The molecule has 0 radical (unpaired) electrons. The fourth-order valence-electron chi connectivity index (χ4n) is 1.81. The minimum Gasteiger partial charge on any atom is -0.399 e.